The highest BCUT2D eigenvalue weighted by molar-refractivity contribution is 6.04. The molecule has 0 unspecified atom stereocenters. The lowest BCUT2D eigenvalue weighted by molar-refractivity contribution is -0.156. The molecule has 2 heterocycles. The van der Waals surface area contributed by atoms with Crippen LogP contribution in [0.5, 0.6) is 0 Å². The Morgan fingerprint density at radius 2 is 1.12 bits per heavy atom. The molecule has 0 saturated carbocycles. The van der Waals surface area contributed by atoms with Gasteiger partial charge in [-0.3, -0.25) is 19.7 Å². The van der Waals surface area contributed by atoms with Gasteiger partial charge in [0.05, 0.1) is 47.5 Å². The van der Waals surface area contributed by atoms with Crippen LogP contribution in [0.25, 0.3) is 44.1 Å². The van der Waals surface area contributed by atoms with Crippen LogP contribution in [-0.2, 0) is 19.0 Å². The Bertz CT molecular complexity index is 2580. The summed E-state index contributed by atoms with van der Waals surface area (Å²) < 4.78 is 46.2. The van der Waals surface area contributed by atoms with Crippen molar-refractivity contribution in [3.8, 4) is 22.5 Å². The van der Waals surface area contributed by atoms with E-state index in [2.05, 4.69) is 25.7 Å². The van der Waals surface area contributed by atoms with Crippen LogP contribution in [0.15, 0.2) is 94.5 Å². The van der Waals surface area contributed by atoms with Crippen LogP contribution in [0.4, 0.5) is 29.3 Å². The highest BCUT2D eigenvalue weighted by Gasteiger charge is 2.25. The number of aromatic amines is 2. The summed E-state index contributed by atoms with van der Waals surface area (Å²) in [5.74, 6) is -1.12. The zero-order valence-corrected chi connectivity index (χ0v) is 30.9. The van der Waals surface area contributed by atoms with Gasteiger partial charge in [0.2, 0.25) is 6.29 Å². The Balaban J connectivity index is 0.000000227. The van der Waals surface area contributed by atoms with Crippen LogP contribution >= 0.6 is 0 Å². The molecule has 18 heteroatoms. The topological polar surface area (TPSA) is 226 Å². The van der Waals surface area contributed by atoms with Crippen molar-refractivity contribution in [3.63, 3.8) is 0 Å². The maximum absolute atomic E-state index is 12.4. The molecule has 0 aliphatic heterocycles. The third kappa shape index (κ3) is 10.9. The van der Waals surface area contributed by atoms with Crippen LogP contribution in [-0.4, -0.2) is 70.7 Å². The molecule has 0 spiro atoms. The molecule has 1 amide bonds. The first-order valence-electron chi connectivity index (χ1n) is 16.6. The van der Waals surface area contributed by atoms with E-state index in [4.69, 9.17) is 24.7 Å². The number of nitrogens with one attached hydrogen (secondary N) is 3. The fourth-order valence-corrected chi connectivity index (χ4v) is 5.22. The van der Waals surface area contributed by atoms with Crippen LogP contribution < -0.4 is 22.2 Å². The number of carbonyl (C=O) groups excluding carboxylic acids is 4. The van der Waals surface area contributed by atoms with Crippen molar-refractivity contribution < 1.29 is 46.6 Å². The van der Waals surface area contributed by atoms with Crippen LogP contribution in [0.1, 0.15) is 41.5 Å². The minimum Gasteiger partial charge on any atom is -0.465 e. The van der Waals surface area contributed by atoms with Crippen molar-refractivity contribution in [2.45, 2.75) is 32.5 Å². The molecule has 0 bridgehead atoms. The summed E-state index contributed by atoms with van der Waals surface area (Å²) in [4.78, 5) is 69.1. The summed E-state index contributed by atoms with van der Waals surface area (Å²) in [5.41, 5.74) is 7.69. The number of esters is 2. The summed E-state index contributed by atoms with van der Waals surface area (Å²) in [5, 5.41) is 17.9. The van der Waals surface area contributed by atoms with Gasteiger partial charge in [0.1, 0.15) is 5.60 Å². The quantitative estimate of drug-likeness (QED) is 0.0642. The minimum absolute atomic E-state index is 0.186. The number of hydrogen-bond donors (Lipinski definition) is 4. The summed E-state index contributed by atoms with van der Waals surface area (Å²) >= 11 is 0. The lowest BCUT2D eigenvalue weighted by atomic mass is 9.99. The number of carbonyl (C=O) groups is 4. The first-order valence-corrected chi connectivity index (χ1v) is 16.6. The number of amides is 1. The summed E-state index contributed by atoms with van der Waals surface area (Å²) in [6.07, 6.45) is -6.35. The van der Waals surface area contributed by atoms with Gasteiger partial charge in [-0.1, -0.05) is 36.4 Å². The lowest BCUT2D eigenvalue weighted by Crippen LogP contribution is -2.27. The predicted octanol–water partition coefficient (Wildman–Crippen LogP) is 6.43. The van der Waals surface area contributed by atoms with E-state index in [0.717, 1.165) is 0 Å². The minimum atomic E-state index is -4.64. The smallest absolute Gasteiger partial charge is 0.446 e. The average Bonchev–Trinajstić information content (AvgIpc) is 3.17. The Hall–Kier alpha value is -7.37. The molecule has 6 rings (SSSR count). The second-order valence-corrected chi connectivity index (χ2v) is 12.7. The molecule has 57 heavy (non-hydrogen) atoms. The van der Waals surface area contributed by atoms with E-state index in [1.165, 1.54) is 26.4 Å². The van der Waals surface area contributed by atoms with Gasteiger partial charge in [-0.25, -0.2) is 24.6 Å². The average molecular weight is 789 g/mol. The van der Waals surface area contributed by atoms with E-state index >= 15 is 0 Å². The predicted molar refractivity (Wildman–Crippen MR) is 205 cm³/mol. The second-order valence-electron chi connectivity index (χ2n) is 12.7. The Morgan fingerprint density at radius 1 is 0.702 bits per heavy atom. The van der Waals surface area contributed by atoms with Gasteiger partial charge < -0.3 is 19.9 Å². The molecular formula is C39H35F3N6O9. The summed E-state index contributed by atoms with van der Waals surface area (Å²) in [7, 11) is 2.56. The van der Waals surface area contributed by atoms with Crippen LogP contribution in [0, 0.1) is 0 Å². The number of benzene rings is 4. The van der Waals surface area contributed by atoms with E-state index in [1.807, 2.05) is 6.07 Å². The molecule has 6 aromatic rings. The van der Waals surface area contributed by atoms with E-state index in [-0.39, 0.29) is 16.7 Å². The molecule has 15 nitrogen and oxygen atoms in total. The molecule has 2 aromatic heterocycles. The van der Waals surface area contributed by atoms with Crippen molar-refractivity contribution in [2.24, 2.45) is 0 Å². The number of methoxy groups -OCH3 is 2. The van der Waals surface area contributed by atoms with Gasteiger partial charge in [0.15, 0.2) is 0 Å². The van der Waals surface area contributed by atoms with Gasteiger partial charge in [0.25, 0.3) is 11.1 Å². The number of hydrogen-bond acceptors (Lipinski definition) is 12. The van der Waals surface area contributed by atoms with E-state index in [0.29, 0.717) is 61.0 Å². The molecule has 4 aromatic carbocycles. The van der Waals surface area contributed by atoms with E-state index in [1.54, 1.807) is 87.5 Å². The molecule has 296 valence electrons. The number of halogens is 3. The molecule has 0 atom stereocenters. The maximum Gasteiger partial charge on any atom is 0.446 e. The Kier molecular flexibility index (Phi) is 13.3. The number of H-pyrrole nitrogens is 2. The number of ether oxygens (including phenoxy) is 3. The number of nitrogens with two attached hydrogens (primary N) is 1. The van der Waals surface area contributed by atoms with Crippen molar-refractivity contribution in [1.29, 1.82) is 0 Å². The summed E-state index contributed by atoms with van der Waals surface area (Å²) in [6.45, 7) is 5.26. The Morgan fingerprint density at radius 3 is 1.54 bits per heavy atom. The molecule has 0 fully saturated rings. The number of aldehydes is 1. The molecule has 0 saturated heterocycles. The third-order valence-electron chi connectivity index (χ3n) is 7.56. The zero-order chi connectivity index (χ0) is 42.1. The summed E-state index contributed by atoms with van der Waals surface area (Å²) in [6, 6.07) is 23.6. The zero-order valence-electron chi connectivity index (χ0n) is 30.9. The van der Waals surface area contributed by atoms with Gasteiger partial charge in [-0.2, -0.15) is 23.4 Å². The lowest BCUT2D eigenvalue weighted by Gasteiger charge is -2.20. The standard InChI is InChI=1S/C21H21N3O5.C16H13N3O3.C2HF3O/c1-21(2,3)29-20(27)22-12-9-10-14(16(11-12)19(26)28-4)17-13-7-5-6-8-15(13)18(25)24-23-17;1-22-16(21)13-8-9(17)6-7-11(13)14-10-4-2-3-5-12(10)15(20)19-18-14;3-2(4,5)1-6/h5-11H,1-4H3,(H,22,27)(H,24,25);2-8H,17H2,1H3,(H,19,20);1H. The first kappa shape index (κ1) is 42.4. The van der Waals surface area contributed by atoms with Crippen molar-refractivity contribution in [1.82, 2.24) is 20.4 Å². The largest absolute Gasteiger partial charge is 0.465 e. The monoisotopic (exact) mass is 788 g/mol. The number of anilines is 2. The number of rotatable bonds is 5. The number of aromatic nitrogens is 4. The highest BCUT2D eigenvalue weighted by Crippen LogP contribution is 2.31. The number of fused-ring (bicyclic) bond motifs is 2. The normalized spacial score (nSPS) is 10.9. The molecule has 0 radical (unpaired) electrons. The highest BCUT2D eigenvalue weighted by atomic mass is 19.4. The fourth-order valence-electron chi connectivity index (χ4n) is 5.22. The van der Waals surface area contributed by atoms with Crippen LogP contribution in [0.2, 0.25) is 0 Å². The van der Waals surface area contributed by atoms with E-state index in [9.17, 15) is 37.1 Å². The molecule has 0 aliphatic carbocycles. The van der Waals surface area contributed by atoms with Crippen molar-refractivity contribution in [2.75, 3.05) is 25.3 Å². The van der Waals surface area contributed by atoms with Gasteiger partial charge in [0, 0.05) is 33.3 Å². The molecular weight excluding hydrogens is 753 g/mol. The fraction of sp³-hybridized carbons (Fsp3) is 0.179. The third-order valence-corrected chi connectivity index (χ3v) is 7.56. The van der Waals surface area contributed by atoms with E-state index < -0.39 is 36.1 Å². The van der Waals surface area contributed by atoms with Gasteiger partial charge in [-0.05, 0) is 69.3 Å². The SMILES string of the molecule is COC(=O)c1cc(N)ccc1-c1n[nH]c(=O)c2ccccc12.COC(=O)c1cc(NC(=O)OC(C)(C)C)ccc1-c1n[nH]c(=O)c2ccccc12.O=CC(F)(F)F. The number of nitrogen functional groups attached to an aromatic ring is 1. The molecule has 5 N–H and O–H groups in total. The van der Waals surface area contributed by atoms with Crippen molar-refractivity contribution >= 4 is 57.2 Å². The maximum atomic E-state index is 12.4. The number of nitrogens with zero attached hydrogens (tertiary/aromatic N) is 2. The Labute approximate surface area is 321 Å². The molecule has 0 aliphatic rings. The van der Waals surface area contributed by atoms with Crippen molar-refractivity contribution in [3.05, 3.63) is 117 Å². The second kappa shape index (κ2) is 17.8. The first-order chi connectivity index (χ1) is 26.9. The van der Waals surface area contributed by atoms with Crippen LogP contribution in [0.3, 0.4) is 0 Å². The van der Waals surface area contributed by atoms with Gasteiger partial charge in [-0.15, -0.1) is 0 Å². The number of alkyl halides is 3. The van der Waals surface area contributed by atoms with Gasteiger partial charge >= 0.3 is 24.2 Å².